The fourth-order valence-electron chi connectivity index (χ4n) is 1.65. The average molecular weight is 195 g/mol. The molecule has 1 saturated carbocycles. The summed E-state index contributed by atoms with van der Waals surface area (Å²) in [6.07, 6.45) is 5.07. The van der Waals surface area contributed by atoms with Gasteiger partial charge in [-0.05, 0) is 25.3 Å². The molecule has 0 aromatic carbocycles. The van der Waals surface area contributed by atoms with E-state index in [4.69, 9.17) is 4.52 Å². The Hall–Kier alpha value is -0.900. The maximum absolute atomic E-state index is 4.89. The first-order chi connectivity index (χ1) is 6.84. The zero-order chi connectivity index (χ0) is 9.80. The van der Waals surface area contributed by atoms with Gasteiger partial charge in [0, 0.05) is 19.9 Å². The predicted molar refractivity (Wildman–Crippen MR) is 52.9 cm³/mol. The topological polar surface area (TPSA) is 51.0 Å². The van der Waals surface area contributed by atoms with Gasteiger partial charge in [0.15, 0.2) is 5.82 Å². The molecule has 0 spiro atoms. The molecule has 1 aromatic rings. The number of nitrogens with zero attached hydrogens (tertiary/aromatic N) is 2. The summed E-state index contributed by atoms with van der Waals surface area (Å²) in [5.41, 5.74) is 0. The van der Waals surface area contributed by atoms with E-state index in [-0.39, 0.29) is 0 Å². The molecule has 1 fully saturated rings. The highest BCUT2D eigenvalue weighted by molar-refractivity contribution is 4.84. The second-order valence-electron chi connectivity index (χ2n) is 3.98. The molecule has 78 valence electrons. The molecule has 4 heteroatoms. The Morgan fingerprint density at radius 3 is 2.93 bits per heavy atom. The van der Waals surface area contributed by atoms with Gasteiger partial charge in [-0.2, -0.15) is 4.98 Å². The highest BCUT2D eigenvalue weighted by atomic mass is 16.5. The van der Waals surface area contributed by atoms with E-state index in [1.807, 2.05) is 6.92 Å². The van der Waals surface area contributed by atoms with Crippen LogP contribution in [0.3, 0.4) is 0 Å². The summed E-state index contributed by atoms with van der Waals surface area (Å²) in [4.78, 5) is 4.14. The van der Waals surface area contributed by atoms with Gasteiger partial charge in [-0.25, -0.2) is 0 Å². The molecule has 0 amide bonds. The van der Waals surface area contributed by atoms with Crippen LogP contribution >= 0.6 is 0 Å². The molecule has 0 radical (unpaired) electrons. The molecule has 1 aliphatic carbocycles. The van der Waals surface area contributed by atoms with E-state index in [1.165, 1.54) is 19.3 Å². The van der Waals surface area contributed by atoms with Gasteiger partial charge in [0.2, 0.25) is 5.89 Å². The van der Waals surface area contributed by atoms with E-state index >= 15 is 0 Å². The van der Waals surface area contributed by atoms with Crippen molar-refractivity contribution in [3.63, 3.8) is 0 Å². The van der Waals surface area contributed by atoms with Crippen molar-refractivity contribution in [3.8, 4) is 0 Å². The maximum Gasteiger partial charge on any atom is 0.223 e. The average Bonchev–Trinajstić information content (AvgIpc) is 2.48. The zero-order valence-electron chi connectivity index (χ0n) is 8.62. The van der Waals surface area contributed by atoms with Crippen LogP contribution in [-0.4, -0.2) is 23.2 Å². The quantitative estimate of drug-likeness (QED) is 0.720. The molecule has 14 heavy (non-hydrogen) atoms. The second kappa shape index (κ2) is 4.55. The highest BCUT2D eigenvalue weighted by Crippen LogP contribution is 2.24. The second-order valence-corrected chi connectivity index (χ2v) is 3.98. The van der Waals surface area contributed by atoms with Crippen LogP contribution in [0.5, 0.6) is 0 Å². The van der Waals surface area contributed by atoms with Crippen molar-refractivity contribution in [2.24, 2.45) is 5.92 Å². The smallest absolute Gasteiger partial charge is 0.223 e. The predicted octanol–water partition coefficient (Wildman–Crippen LogP) is 1.31. The van der Waals surface area contributed by atoms with E-state index in [1.54, 1.807) is 0 Å². The van der Waals surface area contributed by atoms with E-state index in [2.05, 4.69) is 15.5 Å². The lowest BCUT2D eigenvalue weighted by Gasteiger charge is -2.25. The zero-order valence-corrected chi connectivity index (χ0v) is 8.62. The van der Waals surface area contributed by atoms with Crippen LogP contribution in [0.2, 0.25) is 0 Å². The Balaban J connectivity index is 1.58. The molecule has 0 bridgehead atoms. The Labute approximate surface area is 84.1 Å². The minimum atomic E-state index is 0.652. The van der Waals surface area contributed by atoms with Crippen molar-refractivity contribution in [2.45, 2.75) is 32.6 Å². The minimum absolute atomic E-state index is 0.652. The molecule has 0 saturated heterocycles. The number of hydrogen-bond donors (Lipinski definition) is 1. The highest BCUT2D eigenvalue weighted by Gasteiger charge is 2.16. The van der Waals surface area contributed by atoms with Crippen LogP contribution in [0.1, 0.15) is 31.0 Å². The molecule has 0 unspecified atom stereocenters. The molecule has 0 atom stereocenters. The largest absolute Gasteiger partial charge is 0.340 e. The molecule has 1 heterocycles. The van der Waals surface area contributed by atoms with E-state index in [0.29, 0.717) is 5.89 Å². The summed E-state index contributed by atoms with van der Waals surface area (Å²) in [6.45, 7) is 3.92. The van der Waals surface area contributed by atoms with E-state index in [9.17, 15) is 0 Å². The van der Waals surface area contributed by atoms with Crippen molar-refractivity contribution in [2.75, 3.05) is 13.1 Å². The first kappa shape index (κ1) is 9.65. The van der Waals surface area contributed by atoms with Gasteiger partial charge in [-0.15, -0.1) is 0 Å². The molecule has 2 rings (SSSR count). The molecular weight excluding hydrogens is 178 g/mol. The third-order valence-corrected chi connectivity index (χ3v) is 2.75. The lowest BCUT2D eigenvalue weighted by atomic mass is 9.85. The first-order valence-electron chi connectivity index (χ1n) is 5.34. The van der Waals surface area contributed by atoms with Crippen LogP contribution in [0.15, 0.2) is 4.52 Å². The molecular formula is C10H17N3O. The van der Waals surface area contributed by atoms with Crippen molar-refractivity contribution >= 4 is 0 Å². The van der Waals surface area contributed by atoms with Crippen molar-refractivity contribution < 1.29 is 4.52 Å². The lowest BCUT2D eigenvalue weighted by Crippen LogP contribution is -2.28. The van der Waals surface area contributed by atoms with Gasteiger partial charge in [0.25, 0.3) is 0 Å². The number of nitrogens with one attached hydrogen (secondary N) is 1. The number of aromatic nitrogens is 2. The fraction of sp³-hybridized carbons (Fsp3) is 0.800. The van der Waals surface area contributed by atoms with Crippen molar-refractivity contribution in [1.82, 2.24) is 15.5 Å². The summed E-state index contributed by atoms with van der Waals surface area (Å²) in [5, 5.41) is 7.26. The monoisotopic (exact) mass is 195 g/mol. The standard InChI is InChI=1S/C10H17N3O/c1-8-12-10(13-14-8)5-6-11-7-9-3-2-4-9/h9,11H,2-7H2,1H3. The summed E-state index contributed by atoms with van der Waals surface area (Å²) in [7, 11) is 0. The van der Waals surface area contributed by atoms with Gasteiger partial charge < -0.3 is 9.84 Å². The van der Waals surface area contributed by atoms with Gasteiger partial charge in [-0.3, -0.25) is 0 Å². The molecule has 1 N–H and O–H groups in total. The van der Waals surface area contributed by atoms with Crippen molar-refractivity contribution in [3.05, 3.63) is 11.7 Å². The summed E-state index contributed by atoms with van der Waals surface area (Å²) < 4.78 is 4.89. The minimum Gasteiger partial charge on any atom is -0.340 e. The van der Waals surface area contributed by atoms with Crippen LogP contribution in [0.25, 0.3) is 0 Å². The molecule has 4 nitrogen and oxygen atoms in total. The normalized spacial score (nSPS) is 16.9. The maximum atomic E-state index is 4.89. The molecule has 1 aliphatic rings. The van der Waals surface area contributed by atoms with Crippen LogP contribution in [0.4, 0.5) is 0 Å². The Kier molecular flexibility index (Phi) is 3.14. The van der Waals surface area contributed by atoms with Crippen LogP contribution in [0, 0.1) is 12.8 Å². The van der Waals surface area contributed by atoms with Gasteiger partial charge in [0.1, 0.15) is 0 Å². The van der Waals surface area contributed by atoms with Gasteiger partial charge in [-0.1, -0.05) is 11.6 Å². The Bertz CT molecular complexity index is 281. The van der Waals surface area contributed by atoms with Crippen molar-refractivity contribution in [1.29, 1.82) is 0 Å². The molecule has 0 aliphatic heterocycles. The van der Waals surface area contributed by atoms with Crippen LogP contribution < -0.4 is 5.32 Å². The molecule has 1 aromatic heterocycles. The van der Waals surface area contributed by atoms with Gasteiger partial charge in [0.05, 0.1) is 0 Å². The third kappa shape index (κ3) is 2.54. The summed E-state index contributed by atoms with van der Waals surface area (Å²) in [6, 6.07) is 0. The SMILES string of the molecule is Cc1nc(CCNCC2CCC2)no1. The lowest BCUT2D eigenvalue weighted by molar-refractivity contribution is 0.302. The first-order valence-corrected chi connectivity index (χ1v) is 5.34. The summed E-state index contributed by atoms with van der Waals surface area (Å²) >= 11 is 0. The Morgan fingerprint density at radius 1 is 1.50 bits per heavy atom. The Morgan fingerprint density at radius 2 is 2.36 bits per heavy atom. The fourth-order valence-corrected chi connectivity index (χ4v) is 1.65. The number of rotatable bonds is 5. The van der Waals surface area contributed by atoms with Gasteiger partial charge >= 0.3 is 0 Å². The van der Waals surface area contributed by atoms with E-state index in [0.717, 1.165) is 31.3 Å². The number of hydrogen-bond acceptors (Lipinski definition) is 4. The third-order valence-electron chi connectivity index (χ3n) is 2.75. The summed E-state index contributed by atoms with van der Waals surface area (Å²) in [5.74, 6) is 2.38. The van der Waals surface area contributed by atoms with Crippen LogP contribution in [-0.2, 0) is 6.42 Å². The number of aryl methyl sites for hydroxylation is 1. The van der Waals surface area contributed by atoms with E-state index < -0.39 is 0 Å².